The van der Waals surface area contributed by atoms with Gasteiger partial charge in [-0.1, -0.05) is 401 Å². The van der Waals surface area contributed by atoms with E-state index in [1.165, 1.54) is 270 Å². The minimum absolute atomic E-state index is 0.107. The number of esters is 4. The molecule has 5 atom stereocenters. The third-order valence-corrected chi connectivity index (χ3v) is 21.7. The molecule has 0 bridgehead atoms. The first-order chi connectivity index (χ1) is 50.0. The van der Waals surface area contributed by atoms with E-state index < -0.39 is 97.5 Å². The van der Waals surface area contributed by atoms with Crippen molar-refractivity contribution in [1.29, 1.82) is 0 Å². The van der Waals surface area contributed by atoms with Crippen molar-refractivity contribution in [2.45, 2.75) is 470 Å². The van der Waals surface area contributed by atoms with E-state index in [9.17, 15) is 43.2 Å². The molecule has 0 spiro atoms. The summed E-state index contributed by atoms with van der Waals surface area (Å²) in [5.41, 5.74) is 0. The number of rotatable bonds is 84. The molecule has 19 heteroatoms. The molecule has 0 fully saturated rings. The molecule has 0 heterocycles. The van der Waals surface area contributed by atoms with Gasteiger partial charge in [0.1, 0.15) is 19.3 Å². The van der Waals surface area contributed by atoms with Crippen molar-refractivity contribution >= 4 is 39.5 Å². The van der Waals surface area contributed by atoms with Gasteiger partial charge >= 0.3 is 39.5 Å². The number of phosphoric acid groups is 2. The summed E-state index contributed by atoms with van der Waals surface area (Å²) < 4.78 is 68.6. The second kappa shape index (κ2) is 76.8. The van der Waals surface area contributed by atoms with Crippen LogP contribution < -0.4 is 0 Å². The van der Waals surface area contributed by atoms with E-state index in [0.717, 1.165) is 102 Å². The molecule has 103 heavy (non-hydrogen) atoms. The molecule has 0 amide bonds. The molecule has 0 radical (unpaired) electrons. The maximum Gasteiger partial charge on any atom is 0.472 e. The molecule has 0 aliphatic heterocycles. The maximum atomic E-state index is 13.1. The molecule has 0 aliphatic carbocycles. The standard InChI is InChI=1S/C84H164O17P2/c1-6-9-12-15-17-19-21-23-25-27-29-31-33-35-37-41-45-49-53-58-63-68-82(87)95-74-80(101-84(89)70-64-59-54-50-46-42-38-36-34-32-30-28-26-24-22-20-18-16-13-10-7-2)76-99-103(92,93)97-72-78(85)71-96-102(90,91)98-75-79(73-94-81(86)67-62-56-14-11-8-3)100-83(88)69-65-60-55-51-47-43-39-40-44-48-52-57-61-66-77(4)5/h77-80,85H,6-76H2,1-5H3,(H,90,91)(H,92,93)/t78-,79+,80+/m0/s1. The van der Waals surface area contributed by atoms with Crippen LogP contribution >= 0.6 is 15.6 Å². The molecule has 0 aromatic heterocycles. The first kappa shape index (κ1) is 101. The molecular formula is C84H164O17P2. The van der Waals surface area contributed by atoms with Crippen LogP contribution in [0.5, 0.6) is 0 Å². The van der Waals surface area contributed by atoms with E-state index in [1.807, 2.05) is 0 Å². The molecule has 612 valence electrons. The van der Waals surface area contributed by atoms with Crippen molar-refractivity contribution in [3.05, 3.63) is 0 Å². The highest BCUT2D eigenvalue weighted by Gasteiger charge is 2.30. The zero-order chi connectivity index (χ0) is 75.5. The number of hydrogen-bond donors (Lipinski definition) is 3. The van der Waals surface area contributed by atoms with Crippen LogP contribution in [-0.4, -0.2) is 96.7 Å². The number of aliphatic hydroxyl groups excluding tert-OH is 1. The van der Waals surface area contributed by atoms with E-state index >= 15 is 0 Å². The predicted octanol–water partition coefficient (Wildman–Crippen LogP) is 25.6. The lowest BCUT2D eigenvalue weighted by molar-refractivity contribution is -0.161. The number of aliphatic hydroxyl groups is 1. The largest absolute Gasteiger partial charge is 0.472 e. The lowest BCUT2D eigenvalue weighted by Gasteiger charge is -2.21. The molecule has 2 unspecified atom stereocenters. The van der Waals surface area contributed by atoms with Crippen LogP contribution in [0.4, 0.5) is 0 Å². The minimum atomic E-state index is -4.96. The fourth-order valence-electron chi connectivity index (χ4n) is 13.1. The zero-order valence-electron chi connectivity index (χ0n) is 67.5. The smallest absolute Gasteiger partial charge is 0.462 e. The minimum Gasteiger partial charge on any atom is -0.462 e. The van der Waals surface area contributed by atoms with Crippen molar-refractivity contribution in [3.63, 3.8) is 0 Å². The van der Waals surface area contributed by atoms with Gasteiger partial charge in [-0.25, -0.2) is 9.13 Å². The SMILES string of the molecule is CCCCCCCCCCCCCCCCCCCCCCCC(=O)OC[C@H](COP(=O)(O)OC[C@@H](O)COP(=O)(O)OC[C@@H](COC(=O)CCCCCCC)OC(=O)CCCCCCCCCCCCCCCC(C)C)OC(=O)CCCCCCCCCCCCCCCCCCCCCCC. The third kappa shape index (κ3) is 78.0. The Kier molecular flexibility index (Phi) is 75.4. The van der Waals surface area contributed by atoms with Crippen LogP contribution in [0, 0.1) is 5.92 Å². The Morgan fingerprint density at radius 3 is 0.660 bits per heavy atom. The number of ether oxygens (including phenoxy) is 4. The molecule has 0 aromatic rings. The fraction of sp³-hybridized carbons (Fsp3) is 0.952. The lowest BCUT2D eigenvalue weighted by Crippen LogP contribution is -2.30. The summed E-state index contributed by atoms with van der Waals surface area (Å²) in [6.45, 7) is 7.27. The maximum absolute atomic E-state index is 13.1. The van der Waals surface area contributed by atoms with E-state index in [1.54, 1.807) is 0 Å². The average molecular weight is 1510 g/mol. The highest BCUT2D eigenvalue weighted by molar-refractivity contribution is 7.47. The van der Waals surface area contributed by atoms with Gasteiger partial charge in [-0.3, -0.25) is 37.3 Å². The second-order valence-corrected chi connectivity index (χ2v) is 33.6. The molecule has 0 aliphatic rings. The Bertz CT molecular complexity index is 1960. The Morgan fingerprint density at radius 2 is 0.447 bits per heavy atom. The number of phosphoric ester groups is 2. The first-order valence-corrected chi connectivity index (χ1v) is 46.6. The highest BCUT2D eigenvalue weighted by Crippen LogP contribution is 2.45. The van der Waals surface area contributed by atoms with Crippen LogP contribution in [-0.2, 0) is 65.4 Å². The zero-order valence-corrected chi connectivity index (χ0v) is 69.3. The van der Waals surface area contributed by atoms with E-state index in [4.69, 9.17) is 37.0 Å². The number of carbonyl (C=O) groups is 4. The molecule has 0 aromatic carbocycles. The monoisotopic (exact) mass is 1510 g/mol. The Morgan fingerprint density at radius 1 is 0.262 bits per heavy atom. The van der Waals surface area contributed by atoms with Gasteiger partial charge in [0.25, 0.3) is 0 Å². The Balaban J connectivity index is 5.10. The van der Waals surface area contributed by atoms with Crippen molar-refractivity contribution < 1.29 is 80.2 Å². The summed E-state index contributed by atoms with van der Waals surface area (Å²) in [6, 6.07) is 0. The van der Waals surface area contributed by atoms with Crippen LogP contribution in [0.3, 0.4) is 0 Å². The summed E-state index contributed by atoms with van der Waals surface area (Å²) in [4.78, 5) is 72.8. The van der Waals surface area contributed by atoms with Gasteiger partial charge < -0.3 is 33.8 Å². The normalized spacial score (nSPS) is 13.8. The lowest BCUT2D eigenvalue weighted by atomic mass is 10.0. The van der Waals surface area contributed by atoms with Gasteiger partial charge in [0.15, 0.2) is 12.2 Å². The Hall–Kier alpha value is -1.94. The van der Waals surface area contributed by atoms with Crippen LogP contribution in [0.15, 0.2) is 0 Å². The Labute approximate surface area is 632 Å². The average Bonchev–Trinajstić information content (AvgIpc) is 0.963. The van der Waals surface area contributed by atoms with Gasteiger partial charge in [-0.2, -0.15) is 0 Å². The third-order valence-electron chi connectivity index (χ3n) is 19.8. The second-order valence-electron chi connectivity index (χ2n) is 30.7. The molecular weight excluding hydrogens is 1340 g/mol. The summed E-state index contributed by atoms with van der Waals surface area (Å²) in [6.07, 6.45) is 70.1. The fourth-order valence-corrected chi connectivity index (χ4v) is 14.7. The van der Waals surface area contributed by atoms with E-state index in [-0.39, 0.29) is 25.7 Å². The van der Waals surface area contributed by atoms with Gasteiger partial charge in [0.05, 0.1) is 26.4 Å². The van der Waals surface area contributed by atoms with Gasteiger partial charge in [0, 0.05) is 25.7 Å². The number of unbranched alkanes of at least 4 members (excludes halogenated alkanes) is 56. The predicted molar refractivity (Wildman–Crippen MR) is 423 cm³/mol. The number of hydrogen-bond acceptors (Lipinski definition) is 15. The molecule has 0 saturated carbocycles. The van der Waals surface area contributed by atoms with Crippen LogP contribution in [0.2, 0.25) is 0 Å². The van der Waals surface area contributed by atoms with Crippen molar-refractivity contribution in [1.82, 2.24) is 0 Å². The van der Waals surface area contributed by atoms with Crippen molar-refractivity contribution in [3.8, 4) is 0 Å². The topological polar surface area (TPSA) is 237 Å². The van der Waals surface area contributed by atoms with E-state index in [0.29, 0.717) is 25.7 Å². The van der Waals surface area contributed by atoms with Gasteiger partial charge in [0.2, 0.25) is 0 Å². The highest BCUT2D eigenvalue weighted by atomic mass is 31.2. The van der Waals surface area contributed by atoms with Gasteiger partial charge in [-0.05, 0) is 31.6 Å². The molecule has 0 saturated heterocycles. The summed E-state index contributed by atoms with van der Waals surface area (Å²) in [5.74, 6) is -1.33. The van der Waals surface area contributed by atoms with Crippen molar-refractivity contribution in [2.75, 3.05) is 39.6 Å². The molecule has 0 rings (SSSR count). The quantitative estimate of drug-likeness (QED) is 0.0222. The molecule has 17 nitrogen and oxygen atoms in total. The molecule has 3 N–H and O–H groups in total. The summed E-state index contributed by atoms with van der Waals surface area (Å²) in [5, 5.41) is 10.6. The van der Waals surface area contributed by atoms with Crippen LogP contribution in [0.25, 0.3) is 0 Å². The summed E-state index contributed by atoms with van der Waals surface area (Å²) >= 11 is 0. The summed E-state index contributed by atoms with van der Waals surface area (Å²) in [7, 11) is -9.91. The van der Waals surface area contributed by atoms with Crippen molar-refractivity contribution in [2.24, 2.45) is 5.92 Å². The van der Waals surface area contributed by atoms with Gasteiger partial charge in [-0.15, -0.1) is 0 Å². The first-order valence-electron chi connectivity index (χ1n) is 43.6. The number of carbonyl (C=O) groups excluding carboxylic acids is 4. The van der Waals surface area contributed by atoms with E-state index in [2.05, 4.69) is 34.6 Å². The van der Waals surface area contributed by atoms with Crippen LogP contribution in [0.1, 0.15) is 452 Å².